The third-order valence-electron chi connectivity index (χ3n) is 3.59. The number of nitrogens with zero attached hydrogens (tertiary/aromatic N) is 2. The summed E-state index contributed by atoms with van der Waals surface area (Å²) in [5.74, 6) is -0.332. The molecule has 1 aliphatic heterocycles. The molecular formula is C14H19N3O4. The fourth-order valence-corrected chi connectivity index (χ4v) is 2.46. The van der Waals surface area contributed by atoms with Crippen LogP contribution < -0.4 is 5.32 Å². The highest BCUT2D eigenvalue weighted by atomic mass is 16.6. The zero-order chi connectivity index (χ0) is 15.6. The lowest BCUT2D eigenvalue weighted by molar-refractivity contribution is -0.384. The summed E-state index contributed by atoms with van der Waals surface area (Å²) in [5.41, 5.74) is 0.254. The maximum Gasteiger partial charge on any atom is 0.305 e. The van der Waals surface area contributed by atoms with Crippen LogP contribution in [0, 0.1) is 10.1 Å². The van der Waals surface area contributed by atoms with Crippen molar-refractivity contribution in [3.05, 3.63) is 33.9 Å². The van der Waals surface area contributed by atoms with Crippen molar-refractivity contribution in [3.8, 4) is 0 Å². The van der Waals surface area contributed by atoms with Gasteiger partial charge in [0.1, 0.15) is 11.3 Å². The number of rotatable bonds is 3. The molecule has 2 rings (SSSR count). The van der Waals surface area contributed by atoms with Crippen LogP contribution in [-0.2, 0) is 4.74 Å². The number of amides is 1. The van der Waals surface area contributed by atoms with Crippen LogP contribution in [0.25, 0.3) is 0 Å². The predicted molar refractivity (Wildman–Crippen MR) is 78.6 cm³/mol. The molecule has 114 valence electrons. The lowest BCUT2D eigenvalue weighted by Crippen LogP contribution is -2.50. The van der Waals surface area contributed by atoms with Gasteiger partial charge in [0.2, 0.25) is 0 Å². The van der Waals surface area contributed by atoms with Gasteiger partial charge in [0, 0.05) is 13.6 Å². The predicted octanol–water partition coefficient (Wildman–Crippen LogP) is 1.89. The summed E-state index contributed by atoms with van der Waals surface area (Å²) in [4.78, 5) is 25.1. The molecule has 1 aromatic rings. The number of carbonyl (C=O) groups is 1. The molecule has 0 bridgehead atoms. The Morgan fingerprint density at radius 2 is 2.19 bits per heavy atom. The van der Waals surface area contributed by atoms with Crippen molar-refractivity contribution in [1.29, 1.82) is 0 Å². The Hall–Kier alpha value is -2.15. The molecular weight excluding hydrogens is 274 g/mol. The number of carbonyl (C=O) groups excluding carboxylic acids is 1. The molecule has 1 aliphatic rings. The van der Waals surface area contributed by atoms with Gasteiger partial charge >= 0.3 is 5.69 Å². The molecule has 1 saturated heterocycles. The summed E-state index contributed by atoms with van der Waals surface area (Å²) in [5, 5.41) is 14.1. The van der Waals surface area contributed by atoms with Gasteiger partial charge in [-0.2, -0.15) is 0 Å². The van der Waals surface area contributed by atoms with Gasteiger partial charge in [-0.15, -0.1) is 0 Å². The van der Waals surface area contributed by atoms with Crippen LogP contribution in [0.5, 0.6) is 0 Å². The zero-order valence-electron chi connectivity index (χ0n) is 12.3. The Balaban J connectivity index is 2.41. The minimum absolute atomic E-state index is 0.0725. The van der Waals surface area contributed by atoms with Crippen LogP contribution in [0.4, 0.5) is 11.4 Å². The van der Waals surface area contributed by atoms with E-state index in [0.29, 0.717) is 18.8 Å². The molecule has 7 heteroatoms. The first-order chi connectivity index (χ1) is 9.95. The summed E-state index contributed by atoms with van der Waals surface area (Å²) in [7, 11) is 1.59. The molecule has 1 heterocycles. The number of nitro benzene ring substituents is 1. The molecule has 1 N–H and O–H groups in total. The Morgan fingerprint density at radius 3 is 2.81 bits per heavy atom. The highest BCUT2D eigenvalue weighted by molar-refractivity contribution is 6.00. The number of para-hydroxylation sites is 1. The van der Waals surface area contributed by atoms with Gasteiger partial charge in [-0.25, -0.2) is 0 Å². The highest BCUT2D eigenvalue weighted by Gasteiger charge is 2.33. The fraction of sp³-hybridized carbons (Fsp3) is 0.500. The van der Waals surface area contributed by atoms with Crippen LogP contribution in [0.3, 0.4) is 0 Å². The first-order valence-electron chi connectivity index (χ1n) is 6.83. The number of hydrogen-bond acceptors (Lipinski definition) is 5. The van der Waals surface area contributed by atoms with Crippen molar-refractivity contribution in [2.75, 3.05) is 25.5 Å². The maximum atomic E-state index is 12.7. The van der Waals surface area contributed by atoms with Gasteiger partial charge in [-0.05, 0) is 26.0 Å². The molecule has 0 saturated carbocycles. The second-order valence-corrected chi connectivity index (χ2v) is 5.16. The first kappa shape index (κ1) is 15.2. The van der Waals surface area contributed by atoms with Crippen molar-refractivity contribution >= 4 is 17.3 Å². The van der Waals surface area contributed by atoms with Gasteiger partial charge in [0.15, 0.2) is 0 Å². The number of benzene rings is 1. The molecule has 0 aliphatic carbocycles. The van der Waals surface area contributed by atoms with E-state index in [1.807, 2.05) is 13.8 Å². The SMILES string of the molecule is CNc1cccc(C(=O)N2CC(C)OCC2C)c1[N+](=O)[O-]. The van der Waals surface area contributed by atoms with E-state index in [4.69, 9.17) is 4.74 Å². The summed E-state index contributed by atoms with van der Waals surface area (Å²) >= 11 is 0. The summed E-state index contributed by atoms with van der Waals surface area (Å²) in [6.07, 6.45) is -0.0725. The number of nitro groups is 1. The van der Waals surface area contributed by atoms with Gasteiger partial charge in [0.05, 0.1) is 23.7 Å². The lowest BCUT2D eigenvalue weighted by Gasteiger charge is -2.36. The number of anilines is 1. The fourth-order valence-electron chi connectivity index (χ4n) is 2.46. The van der Waals surface area contributed by atoms with Crippen LogP contribution in [-0.4, -0.2) is 48.1 Å². The highest BCUT2D eigenvalue weighted by Crippen LogP contribution is 2.30. The average molecular weight is 293 g/mol. The van der Waals surface area contributed by atoms with Crippen molar-refractivity contribution in [3.63, 3.8) is 0 Å². The van der Waals surface area contributed by atoms with E-state index >= 15 is 0 Å². The van der Waals surface area contributed by atoms with Crippen molar-refractivity contribution in [1.82, 2.24) is 4.90 Å². The monoisotopic (exact) mass is 293 g/mol. The van der Waals surface area contributed by atoms with Crippen molar-refractivity contribution in [2.45, 2.75) is 26.0 Å². The van der Waals surface area contributed by atoms with E-state index in [2.05, 4.69) is 5.32 Å². The summed E-state index contributed by atoms with van der Waals surface area (Å²) in [6, 6.07) is 4.61. The molecule has 21 heavy (non-hydrogen) atoms. The van der Waals surface area contributed by atoms with Crippen molar-refractivity contribution in [2.24, 2.45) is 0 Å². The molecule has 2 atom stereocenters. The van der Waals surface area contributed by atoms with Crippen LogP contribution in [0.2, 0.25) is 0 Å². The maximum absolute atomic E-state index is 12.7. The number of nitrogens with one attached hydrogen (secondary N) is 1. The number of ether oxygens (including phenoxy) is 1. The Morgan fingerprint density at radius 1 is 1.48 bits per heavy atom. The van der Waals surface area contributed by atoms with E-state index in [9.17, 15) is 14.9 Å². The normalized spacial score (nSPS) is 22.0. The topological polar surface area (TPSA) is 84.7 Å². The molecule has 7 nitrogen and oxygen atoms in total. The average Bonchev–Trinajstić information content (AvgIpc) is 2.48. The Kier molecular flexibility index (Phi) is 4.42. The van der Waals surface area contributed by atoms with Gasteiger partial charge in [0.25, 0.3) is 5.91 Å². The van der Waals surface area contributed by atoms with E-state index in [-0.39, 0.29) is 29.3 Å². The second kappa shape index (κ2) is 6.09. The van der Waals surface area contributed by atoms with Crippen LogP contribution in [0.15, 0.2) is 18.2 Å². The smallest absolute Gasteiger partial charge is 0.305 e. The van der Waals surface area contributed by atoms with E-state index in [1.54, 1.807) is 24.1 Å². The number of morpholine rings is 1. The summed E-state index contributed by atoms with van der Waals surface area (Å²) < 4.78 is 5.49. The summed E-state index contributed by atoms with van der Waals surface area (Å²) in [6.45, 7) is 4.62. The molecule has 0 aromatic heterocycles. The molecule has 1 amide bonds. The van der Waals surface area contributed by atoms with E-state index < -0.39 is 4.92 Å². The first-order valence-corrected chi connectivity index (χ1v) is 6.83. The number of hydrogen-bond donors (Lipinski definition) is 1. The standard InChI is InChI=1S/C14H19N3O4/c1-9-8-21-10(2)7-16(9)14(18)11-5-4-6-12(15-3)13(11)17(19)20/h4-6,9-10,15H,7-8H2,1-3H3. The molecule has 0 spiro atoms. The largest absolute Gasteiger partial charge is 0.383 e. The van der Waals surface area contributed by atoms with E-state index in [1.165, 1.54) is 6.07 Å². The zero-order valence-corrected chi connectivity index (χ0v) is 12.3. The second-order valence-electron chi connectivity index (χ2n) is 5.16. The third-order valence-corrected chi connectivity index (χ3v) is 3.59. The van der Waals surface area contributed by atoms with Gasteiger partial charge < -0.3 is 15.0 Å². The molecule has 0 radical (unpaired) electrons. The lowest BCUT2D eigenvalue weighted by atomic mass is 10.1. The molecule has 1 fully saturated rings. The quantitative estimate of drug-likeness (QED) is 0.679. The Bertz CT molecular complexity index is 561. The van der Waals surface area contributed by atoms with Gasteiger partial charge in [-0.3, -0.25) is 14.9 Å². The van der Waals surface area contributed by atoms with Crippen LogP contribution >= 0.6 is 0 Å². The minimum Gasteiger partial charge on any atom is -0.383 e. The molecule has 2 unspecified atom stereocenters. The Labute approximate surface area is 123 Å². The van der Waals surface area contributed by atoms with Gasteiger partial charge in [-0.1, -0.05) is 6.07 Å². The van der Waals surface area contributed by atoms with Crippen LogP contribution in [0.1, 0.15) is 24.2 Å². The minimum atomic E-state index is -0.520. The van der Waals surface area contributed by atoms with Crippen molar-refractivity contribution < 1.29 is 14.5 Å². The van der Waals surface area contributed by atoms with E-state index in [0.717, 1.165) is 0 Å². The molecule has 1 aromatic carbocycles. The third kappa shape index (κ3) is 2.97.